The summed E-state index contributed by atoms with van der Waals surface area (Å²) in [5.74, 6) is 0.793. The molecule has 0 aromatic heterocycles. The topological polar surface area (TPSA) is 24.1 Å². The minimum absolute atomic E-state index is 0.621. The van der Waals surface area contributed by atoms with Crippen LogP contribution < -0.4 is 10.6 Å². The maximum atomic E-state index is 3.81. The fourth-order valence-electron chi connectivity index (χ4n) is 3.17. The van der Waals surface area contributed by atoms with Crippen LogP contribution in [-0.2, 0) is 6.42 Å². The van der Waals surface area contributed by atoms with Gasteiger partial charge in [-0.25, -0.2) is 0 Å². The lowest BCUT2D eigenvalue weighted by atomic mass is 9.97. The second kappa shape index (κ2) is 9.22. The van der Waals surface area contributed by atoms with E-state index in [1.165, 1.54) is 44.2 Å². The lowest BCUT2D eigenvalue weighted by Gasteiger charge is -2.21. The largest absolute Gasteiger partial charge is 0.314 e. The number of hydrogen-bond acceptors (Lipinski definition) is 2. The molecule has 0 spiro atoms. The zero-order valence-electron chi connectivity index (χ0n) is 13.8. The molecule has 2 unspecified atom stereocenters. The third-order valence-corrected chi connectivity index (χ3v) is 4.51. The molecule has 1 aromatic rings. The molecule has 2 rings (SSSR count). The number of benzene rings is 1. The first-order valence-corrected chi connectivity index (χ1v) is 8.74. The zero-order valence-corrected chi connectivity index (χ0v) is 13.8. The van der Waals surface area contributed by atoms with E-state index < -0.39 is 0 Å². The lowest BCUT2D eigenvalue weighted by Crippen LogP contribution is -2.35. The summed E-state index contributed by atoms with van der Waals surface area (Å²) in [6.07, 6.45) is 7.73. The van der Waals surface area contributed by atoms with Crippen LogP contribution in [0, 0.1) is 5.92 Å². The van der Waals surface area contributed by atoms with E-state index in [1.54, 1.807) is 0 Å². The Bertz CT molecular complexity index is 368. The predicted molar refractivity (Wildman–Crippen MR) is 91.7 cm³/mol. The van der Waals surface area contributed by atoms with Gasteiger partial charge in [0.25, 0.3) is 0 Å². The monoisotopic (exact) mass is 288 g/mol. The summed E-state index contributed by atoms with van der Waals surface area (Å²) in [6.45, 7) is 7.00. The van der Waals surface area contributed by atoms with Gasteiger partial charge >= 0.3 is 0 Å². The van der Waals surface area contributed by atoms with Crippen LogP contribution >= 0.6 is 0 Å². The van der Waals surface area contributed by atoms with Crippen LogP contribution in [-0.4, -0.2) is 25.2 Å². The molecule has 0 radical (unpaired) electrons. The van der Waals surface area contributed by atoms with E-state index in [1.807, 2.05) is 0 Å². The molecule has 2 nitrogen and oxygen atoms in total. The van der Waals surface area contributed by atoms with Gasteiger partial charge in [-0.2, -0.15) is 0 Å². The summed E-state index contributed by atoms with van der Waals surface area (Å²) in [5, 5.41) is 7.40. The van der Waals surface area contributed by atoms with Crippen molar-refractivity contribution in [2.45, 2.75) is 64.5 Å². The molecule has 1 aliphatic heterocycles. The second-order valence-electron chi connectivity index (χ2n) is 6.89. The van der Waals surface area contributed by atoms with Crippen LogP contribution in [0.1, 0.15) is 51.5 Å². The fourth-order valence-corrected chi connectivity index (χ4v) is 3.17. The molecule has 0 saturated carbocycles. The highest BCUT2D eigenvalue weighted by molar-refractivity contribution is 5.15. The first kappa shape index (κ1) is 16.5. The Balaban J connectivity index is 1.76. The fraction of sp³-hybridized carbons (Fsp3) is 0.684. The quantitative estimate of drug-likeness (QED) is 0.723. The highest BCUT2D eigenvalue weighted by Crippen LogP contribution is 2.13. The molecule has 1 aromatic carbocycles. The minimum Gasteiger partial charge on any atom is -0.314 e. The zero-order chi connectivity index (χ0) is 14.9. The maximum Gasteiger partial charge on any atom is 0.0108 e. The first-order chi connectivity index (χ1) is 10.2. The third-order valence-electron chi connectivity index (χ3n) is 4.51. The van der Waals surface area contributed by atoms with E-state index in [2.05, 4.69) is 54.8 Å². The minimum atomic E-state index is 0.621. The van der Waals surface area contributed by atoms with E-state index in [-0.39, 0.29) is 0 Å². The SMILES string of the molecule is CC(C)CCC(Cc1ccccc1)NCCC1CCCN1. The highest BCUT2D eigenvalue weighted by Gasteiger charge is 2.15. The Morgan fingerprint density at radius 2 is 2.00 bits per heavy atom. The molecule has 1 saturated heterocycles. The van der Waals surface area contributed by atoms with Gasteiger partial charge in [0.15, 0.2) is 0 Å². The lowest BCUT2D eigenvalue weighted by molar-refractivity contribution is 0.410. The molecule has 1 heterocycles. The van der Waals surface area contributed by atoms with Gasteiger partial charge in [0.1, 0.15) is 0 Å². The van der Waals surface area contributed by atoms with Crippen LogP contribution in [0.5, 0.6) is 0 Å². The van der Waals surface area contributed by atoms with Gasteiger partial charge in [0.05, 0.1) is 0 Å². The molecule has 21 heavy (non-hydrogen) atoms. The van der Waals surface area contributed by atoms with Crippen molar-refractivity contribution in [3.63, 3.8) is 0 Å². The van der Waals surface area contributed by atoms with Crippen LogP contribution in [0.4, 0.5) is 0 Å². The number of hydrogen-bond donors (Lipinski definition) is 2. The van der Waals surface area contributed by atoms with Crippen LogP contribution in [0.25, 0.3) is 0 Å². The number of rotatable bonds is 9. The third kappa shape index (κ3) is 6.62. The Hall–Kier alpha value is -0.860. The molecule has 1 fully saturated rings. The van der Waals surface area contributed by atoms with Gasteiger partial charge in [0, 0.05) is 12.1 Å². The Morgan fingerprint density at radius 3 is 2.67 bits per heavy atom. The Labute approximate surface area is 130 Å². The summed E-state index contributed by atoms with van der Waals surface area (Å²) in [7, 11) is 0. The molecular weight excluding hydrogens is 256 g/mol. The summed E-state index contributed by atoms with van der Waals surface area (Å²) in [5.41, 5.74) is 1.46. The van der Waals surface area contributed by atoms with E-state index in [9.17, 15) is 0 Å². The van der Waals surface area contributed by atoms with Crippen molar-refractivity contribution in [1.29, 1.82) is 0 Å². The predicted octanol–water partition coefficient (Wildman–Crippen LogP) is 3.77. The Morgan fingerprint density at radius 1 is 1.19 bits per heavy atom. The van der Waals surface area contributed by atoms with Crippen molar-refractivity contribution in [1.82, 2.24) is 10.6 Å². The van der Waals surface area contributed by atoms with Gasteiger partial charge in [-0.15, -0.1) is 0 Å². The van der Waals surface area contributed by atoms with E-state index in [0.717, 1.165) is 24.9 Å². The van der Waals surface area contributed by atoms with Crippen molar-refractivity contribution in [3.8, 4) is 0 Å². The molecular formula is C19H32N2. The van der Waals surface area contributed by atoms with Crippen molar-refractivity contribution in [2.75, 3.05) is 13.1 Å². The molecule has 0 aliphatic carbocycles. The first-order valence-electron chi connectivity index (χ1n) is 8.74. The summed E-state index contributed by atoms with van der Waals surface area (Å²) in [6, 6.07) is 12.3. The summed E-state index contributed by atoms with van der Waals surface area (Å²) in [4.78, 5) is 0. The molecule has 1 aliphatic rings. The average Bonchev–Trinajstić information content (AvgIpc) is 2.99. The second-order valence-corrected chi connectivity index (χ2v) is 6.89. The molecule has 118 valence electrons. The van der Waals surface area contributed by atoms with Crippen molar-refractivity contribution in [3.05, 3.63) is 35.9 Å². The molecule has 0 bridgehead atoms. The van der Waals surface area contributed by atoms with Gasteiger partial charge in [-0.3, -0.25) is 0 Å². The van der Waals surface area contributed by atoms with E-state index in [0.29, 0.717) is 6.04 Å². The normalized spacial score (nSPS) is 20.0. The van der Waals surface area contributed by atoms with Crippen molar-refractivity contribution >= 4 is 0 Å². The summed E-state index contributed by atoms with van der Waals surface area (Å²) < 4.78 is 0. The van der Waals surface area contributed by atoms with Crippen LogP contribution in [0.2, 0.25) is 0 Å². The van der Waals surface area contributed by atoms with E-state index in [4.69, 9.17) is 0 Å². The molecule has 2 N–H and O–H groups in total. The standard InChI is InChI=1S/C19H32N2/c1-16(2)10-11-19(15-17-7-4-3-5-8-17)21-14-12-18-9-6-13-20-18/h3-5,7-8,16,18-21H,6,9-15H2,1-2H3. The van der Waals surface area contributed by atoms with Crippen molar-refractivity contribution < 1.29 is 0 Å². The van der Waals surface area contributed by atoms with Gasteiger partial charge in [-0.05, 0) is 63.1 Å². The van der Waals surface area contributed by atoms with Gasteiger partial charge < -0.3 is 10.6 Å². The molecule has 2 atom stereocenters. The van der Waals surface area contributed by atoms with Crippen LogP contribution in [0.15, 0.2) is 30.3 Å². The molecule has 2 heteroatoms. The van der Waals surface area contributed by atoms with E-state index >= 15 is 0 Å². The maximum absolute atomic E-state index is 3.81. The van der Waals surface area contributed by atoms with Crippen molar-refractivity contribution in [2.24, 2.45) is 5.92 Å². The van der Waals surface area contributed by atoms with Gasteiger partial charge in [0.2, 0.25) is 0 Å². The van der Waals surface area contributed by atoms with Gasteiger partial charge in [-0.1, -0.05) is 44.2 Å². The average molecular weight is 288 g/mol. The van der Waals surface area contributed by atoms with Crippen LogP contribution in [0.3, 0.4) is 0 Å². The number of nitrogens with one attached hydrogen (secondary N) is 2. The highest BCUT2D eigenvalue weighted by atomic mass is 15.0. The Kier molecular flexibility index (Phi) is 7.25. The smallest absolute Gasteiger partial charge is 0.0108 e. The molecule has 0 amide bonds. The summed E-state index contributed by atoms with van der Waals surface area (Å²) >= 11 is 0.